The van der Waals surface area contributed by atoms with E-state index in [1.807, 2.05) is 31.2 Å². The molecule has 0 aliphatic carbocycles. The van der Waals surface area contributed by atoms with Gasteiger partial charge in [0.25, 0.3) is 5.91 Å². The van der Waals surface area contributed by atoms with Crippen molar-refractivity contribution >= 4 is 67.3 Å². The van der Waals surface area contributed by atoms with Crippen LogP contribution in [0.1, 0.15) is 11.1 Å². The normalized spacial score (nSPS) is 16.4. The lowest BCUT2D eigenvalue weighted by Crippen LogP contribution is -2.19. The Balaban J connectivity index is 1.54. The quantitative estimate of drug-likeness (QED) is 0.255. The van der Waals surface area contributed by atoms with Crippen molar-refractivity contribution in [3.8, 4) is 5.75 Å². The Bertz CT molecular complexity index is 1350. The van der Waals surface area contributed by atoms with Crippen LogP contribution in [0.25, 0.3) is 6.08 Å². The van der Waals surface area contributed by atoms with Crippen LogP contribution in [0.15, 0.2) is 87.6 Å². The standard InChI is InChI=1S/C23H17IN2O4S2/c1-15-9-11-18(12-10-15)32(28,29)30-17-6-4-5-16(13-17)14-21-22(27)26-23(31-21)25-20-8-3-2-7-19(20)24/h2-14H,1H3,(H,25,26,27)/b21-14+. The summed E-state index contributed by atoms with van der Waals surface area (Å²) in [6.07, 6.45) is 1.67. The minimum Gasteiger partial charge on any atom is -0.379 e. The molecule has 1 fully saturated rings. The lowest BCUT2D eigenvalue weighted by molar-refractivity contribution is -0.115. The molecule has 1 amide bonds. The van der Waals surface area contributed by atoms with Crippen molar-refractivity contribution in [3.63, 3.8) is 0 Å². The van der Waals surface area contributed by atoms with Crippen LogP contribution in [0.2, 0.25) is 0 Å². The van der Waals surface area contributed by atoms with Crippen molar-refractivity contribution < 1.29 is 17.4 Å². The number of para-hydroxylation sites is 1. The molecule has 0 atom stereocenters. The van der Waals surface area contributed by atoms with E-state index in [0.717, 1.165) is 14.8 Å². The third-order valence-corrected chi connectivity index (χ3v) is 7.48. The fraction of sp³-hybridized carbons (Fsp3) is 0.0435. The van der Waals surface area contributed by atoms with Crippen molar-refractivity contribution in [2.45, 2.75) is 11.8 Å². The van der Waals surface area contributed by atoms with Crippen LogP contribution in [-0.4, -0.2) is 19.5 Å². The van der Waals surface area contributed by atoms with Gasteiger partial charge in [-0.2, -0.15) is 8.42 Å². The lowest BCUT2D eigenvalue weighted by Gasteiger charge is -2.08. The summed E-state index contributed by atoms with van der Waals surface area (Å²) in [6, 6.07) is 20.6. The van der Waals surface area contributed by atoms with E-state index in [0.29, 0.717) is 15.6 Å². The maximum atomic E-state index is 12.5. The van der Waals surface area contributed by atoms with Crippen molar-refractivity contribution in [2.24, 2.45) is 4.99 Å². The molecule has 1 aliphatic heterocycles. The van der Waals surface area contributed by atoms with Gasteiger partial charge >= 0.3 is 10.1 Å². The fourth-order valence-electron chi connectivity index (χ4n) is 2.82. The number of halogens is 1. The van der Waals surface area contributed by atoms with Gasteiger partial charge in [0.1, 0.15) is 10.6 Å². The number of hydrogen-bond acceptors (Lipinski definition) is 6. The Morgan fingerprint density at radius 2 is 1.78 bits per heavy atom. The molecule has 3 aromatic carbocycles. The lowest BCUT2D eigenvalue weighted by atomic mass is 10.2. The number of benzene rings is 3. The molecule has 1 heterocycles. The molecule has 1 saturated heterocycles. The number of carbonyl (C=O) groups is 1. The Hall–Kier alpha value is -2.63. The van der Waals surface area contributed by atoms with E-state index in [4.69, 9.17) is 4.18 Å². The third kappa shape index (κ3) is 5.40. The smallest absolute Gasteiger partial charge is 0.339 e. The number of carbonyl (C=O) groups excluding carboxylic acids is 1. The number of nitrogens with one attached hydrogen (secondary N) is 1. The van der Waals surface area contributed by atoms with Crippen LogP contribution in [0.5, 0.6) is 5.75 Å². The number of aryl methyl sites for hydroxylation is 1. The molecule has 1 aliphatic rings. The van der Waals surface area contributed by atoms with Crippen molar-refractivity contribution in [3.05, 3.63) is 92.4 Å². The van der Waals surface area contributed by atoms with E-state index < -0.39 is 10.1 Å². The second kappa shape index (κ2) is 9.47. The number of amidine groups is 1. The Kier molecular flexibility index (Phi) is 6.68. The molecule has 0 spiro atoms. The summed E-state index contributed by atoms with van der Waals surface area (Å²) in [5.41, 5.74) is 2.36. The topological polar surface area (TPSA) is 84.8 Å². The van der Waals surface area contributed by atoms with Crippen LogP contribution in [-0.2, 0) is 14.9 Å². The predicted octanol–water partition coefficient (Wildman–Crippen LogP) is 5.26. The minimum atomic E-state index is -3.96. The number of hydrogen-bond donors (Lipinski definition) is 1. The molecule has 32 heavy (non-hydrogen) atoms. The van der Waals surface area contributed by atoms with Gasteiger partial charge in [-0.1, -0.05) is 42.0 Å². The van der Waals surface area contributed by atoms with Gasteiger partial charge in [-0.25, -0.2) is 4.99 Å². The van der Waals surface area contributed by atoms with E-state index in [1.54, 1.807) is 42.5 Å². The zero-order chi connectivity index (χ0) is 22.7. The van der Waals surface area contributed by atoms with Gasteiger partial charge < -0.3 is 9.50 Å². The summed E-state index contributed by atoms with van der Waals surface area (Å²) in [4.78, 5) is 17.4. The number of thioether (sulfide) groups is 1. The van der Waals surface area contributed by atoms with Gasteiger partial charge in [0, 0.05) is 3.57 Å². The van der Waals surface area contributed by atoms with Gasteiger partial charge in [-0.15, -0.1) is 0 Å². The molecule has 0 aromatic heterocycles. The van der Waals surface area contributed by atoms with Crippen molar-refractivity contribution in [1.29, 1.82) is 0 Å². The first-order valence-corrected chi connectivity index (χ1v) is 12.8. The first-order valence-electron chi connectivity index (χ1n) is 9.45. The average Bonchev–Trinajstić information content (AvgIpc) is 3.08. The largest absolute Gasteiger partial charge is 0.379 e. The number of rotatable bonds is 5. The molecule has 9 heteroatoms. The Morgan fingerprint density at radius 3 is 2.53 bits per heavy atom. The minimum absolute atomic E-state index is 0.0778. The van der Waals surface area contributed by atoms with E-state index in [9.17, 15) is 13.2 Å². The second-order valence-corrected chi connectivity index (χ2v) is 10.6. The predicted molar refractivity (Wildman–Crippen MR) is 135 cm³/mol. The SMILES string of the molecule is Cc1ccc(S(=O)(=O)Oc2cccc(/C=C3/SC(=Nc4ccccc4I)NC3=O)c2)cc1. The van der Waals surface area contributed by atoms with E-state index >= 15 is 0 Å². The highest BCUT2D eigenvalue weighted by molar-refractivity contribution is 14.1. The summed E-state index contributed by atoms with van der Waals surface area (Å²) in [5, 5.41) is 3.24. The Morgan fingerprint density at radius 1 is 1.03 bits per heavy atom. The van der Waals surface area contributed by atoms with Gasteiger partial charge in [0.2, 0.25) is 0 Å². The molecule has 4 rings (SSSR count). The molecule has 0 bridgehead atoms. The van der Waals surface area contributed by atoms with Gasteiger partial charge in [-0.3, -0.25) is 4.79 Å². The number of aliphatic imine (C=N–C) groups is 1. The van der Waals surface area contributed by atoms with Crippen LogP contribution in [0.3, 0.4) is 0 Å². The molecule has 3 aromatic rings. The van der Waals surface area contributed by atoms with Crippen LogP contribution in [0, 0.1) is 10.5 Å². The summed E-state index contributed by atoms with van der Waals surface area (Å²) in [7, 11) is -3.96. The first-order chi connectivity index (χ1) is 15.3. The van der Waals surface area contributed by atoms with Crippen LogP contribution in [0.4, 0.5) is 5.69 Å². The van der Waals surface area contributed by atoms with Crippen molar-refractivity contribution in [1.82, 2.24) is 5.32 Å². The molecule has 162 valence electrons. The summed E-state index contributed by atoms with van der Waals surface area (Å²) in [5.74, 6) is -0.102. The van der Waals surface area contributed by atoms with E-state index in [1.165, 1.54) is 23.9 Å². The molecule has 6 nitrogen and oxygen atoms in total. The Labute approximate surface area is 204 Å². The summed E-state index contributed by atoms with van der Waals surface area (Å²) in [6.45, 7) is 1.88. The maximum Gasteiger partial charge on any atom is 0.339 e. The summed E-state index contributed by atoms with van der Waals surface area (Å²) >= 11 is 3.41. The molecule has 0 unspecified atom stereocenters. The van der Waals surface area contributed by atoms with Gasteiger partial charge in [-0.05, 0) is 89.3 Å². The first kappa shape index (κ1) is 22.6. The highest BCUT2D eigenvalue weighted by Crippen LogP contribution is 2.30. The highest BCUT2D eigenvalue weighted by Gasteiger charge is 2.24. The monoisotopic (exact) mass is 576 g/mol. The molecule has 0 radical (unpaired) electrons. The van der Waals surface area contributed by atoms with E-state index in [2.05, 4.69) is 32.9 Å². The van der Waals surface area contributed by atoms with Crippen LogP contribution >= 0.6 is 34.4 Å². The average molecular weight is 576 g/mol. The second-order valence-electron chi connectivity index (χ2n) is 6.86. The van der Waals surface area contributed by atoms with Crippen LogP contribution < -0.4 is 9.50 Å². The molecular formula is C23H17IN2O4S2. The van der Waals surface area contributed by atoms with E-state index in [-0.39, 0.29) is 16.6 Å². The maximum absolute atomic E-state index is 12.5. The number of nitrogens with zero attached hydrogens (tertiary/aromatic N) is 1. The van der Waals surface area contributed by atoms with Gasteiger partial charge in [0.15, 0.2) is 5.17 Å². The number of amides is 1. The zero-order valence-electron chi connectivity index (χ0n) is 16.8. The molecule has 1 N–H and O–H groups in total. The van der Waals surface area contributed by atoms with Crippen molar-refractivity contribution in [2.75, 3.05) is 0 Å². The third-order valence-electron chi connectivity index (χ3n) is 4.40. The molecule has 0 saturated carbocycles. The fourth-order valence-corrected chi connectivity index (χ4v) is 5.09. The highest BCUT2D eigenvalue weighted by atomic mass is 127. The molecular weight excluding hydrogens is 559 g/mol. The zero-order valence-corrected chi connectivity index (χ0v) is 20.6. The summed E-state index contributed by atoms with van der Waals surface area (Å²) < 4.78 is 31.3. The van der Waals surface area contributed by atoms with Gasteiger partial charge in [0.05, 0.1) is 10.6 Å².